The third-order valence-corrected chi connectivity index (χ3v) is 0. The number of rotatable bonds is 0. The first-order valence-corrected chi connectivity index (χ1v) is 0.651. The molecule has 8 N–H and O–H groups in total. The van der Waals surface area contributed by atoms with Crippen LogP contribution in [0.15, 0.2) is 0 Å². The molecule has 0 heterocycles. The molecule has 0 fully saturated rings. The second-order valence-corrected chi connectivity index (χ2v) is 0.283. The standard InChI is InChI=1S/CH2O3.2H3N/c2-1(3)4;;/h(H2,2,3,4);2*1H3. The molecule has 0 amide bonds. The van der Waals surface area contributed by atoms with Gasteiger partial charge < -0.3 is 22.5 Å². The Bertz CT molecular complexity index is 31.8. The van der Waals surface area contributed by atoms with Crippen LogP contribution < -0.4 is 12.3 Å². The molecular formula is CH8N2O3. The summed E-state index contributed by atoms with van der Waals surface area (Å²) >= 11 is 0. The Hall–Kier alpha value is -0.810. The summed E-state index contributed by atoms with van der Waals surface area (Å²) < 4.78 is 0. The molecule has 5 nitrogen and oxygen atoms in total. The zero-order valence-corrected chi connectivity index (χ0v) is 3.22. The van der Waals surface area contributed by atoms with Gasteiger partial charge in [0.1, 0.15) is 0 Å². The predicted molar refractivity (Wildman–Crippen MR) is 20.7 cm³/mol. The lowest BCUT2D eigenvalue weighted by molar-refractivity contribution is 0.137. The van der Waals surface area contributed by atoms with Gasteiger partial charge in [-0.25, -0.2) is 4.79 Å². The zero-order valence-electron chi connectivity index (χ0n) is 3.22. The lowest BCUT2D eigenvalue weighted by Gasteiger charge is -1.60. The van der Waals surface area contributed by atoms with E-state index in [9.17, 15) is 0 Å². The molecule has 0 spiro atoms. The van der Waals surface area contributed by atoms with E-state index >= 15 is 0 Å². The Labute approximate surface area is 34.8 Å². The molecule has 5 heteroatoms. The van der Waals surface area contributed by atoms with Crippen LogP contribution in [0.5, 0.6) is 0 Å². The van der Waals surface area contributed by atoms with Crippen LogP contribution in [0.1, 0.15) is 0 Å². The lowest BCUT2D eigenvalue weighted by atomic mass is 11.5. The SMILES string of the molecule is N.N.O=C(O)O. The van der Waals surface area contributed by atoms with Gasteiger partial charge in [-0.15, -0.1) is 0 Å². The molecule has 0 aromatic carbocycles. The summed E-state index contributed by atoms with van der Waals surface area (Å²) in [6, 6.07) is 0. The summed E-state index contributed by atoms with van der Waals surface area (Å²) in [6.07, 6.45) is -1.83. The van der Waals surface area contributed by atoms with Crippen LogP contribution in [0.4, 0.5) is 4.79 Å². The van der Waals surface area contributed by atoms with E-state index in [-0.39, 0.29) is 12.3 Å². The summed E-state index contributed by atoms with van der Waals surface area (Å²) in [5.74, 6) is 0. The Morgan fingerprint density at radius 1 is 1.17 bits per heavy atom. The summed E-state index contributed by atoms with van der Waals surface area (Å²) in [6.45, 7) is 0. The highest BCUT2D eigenvalue weighted by Crippen LogP contribution is 1.42. The molecule has 0 atom stereocenters. The summed E-state index contributed by atoms with van der Waals surface area (Å²) in [4.78, 5) is 8.56. The van der Waals surface area contributed by atoms with Crippen molar-refractivity contribution in [3.8, 4) is 0 Å². The monoisotopic (exact) mass is 96.1 g/mol. The third-order valence-electron chi connectivity index (χ3n) is 0. The van der Waals surface area contributed by atoms with Gasteiger partial charge in [-0.2, -0.15) is 0 Å². The largest absolute Gasteiger partial charge is 0.503 e. The Morgan fingerprint density at radius 3 is 1.17 bits per heavy atom. The van der Waals surface area contributed by atoms with Crippen LogP contribution in [0.2, 0.25) is 0 Å². The Morgan fingerprint density at radius 2 is 1.17 bits per heavy atom. The minimum Gasteiger partial charge on any atom is -0.450 e. The molecule has 0 unspecified atom stereocenters. The fraction of sp³-hybridized carbons (Fsp3) is 0. The average Bonchev–Trinajstić information content (AvgIpc) is 0.811. The summed E-state index contributed by atoms with van der Waals surface area (Å²) in [5.41, 5.74) is 0. The maximum atomic E-state index is 8.56. The number of carboxylic acid groups (broad SMARTS) is 2. The minimum absolute atomic E-state index is 0. The first-order chi connectivity index (χ1) is 1.73. The first-order valence-electron chi connectivity index (χ1n) is 0.651. The number of hydrogen-bond donors (Lipinski definition) is 4. The van der Waals surface area contributed by atoms with Crippen molar-refractivity contribution in [2.75, 3.05) is 0 Å². The zero-order chi connectivity index (χ0) is 3.58. The number of carbonyl (C=O) groups is 1. The van der Waals surface area contributed by atoms with Gasteiger partial charge in [0.05, 0.1) is 0 Å². The molecule has 0 aliphatic carbocycles. The van der Waals surface area contributed by atoms with E-state index in [1.165, 1.54) is 0 Å². The van der Waals surface area contributed by atoms with Gasteiger partial charge in [0, 0.05) is 0 Å². The molecule has 0 rings (SSSR count). The molecule has 0 aromatic rings. The van der Waals surface area contributed by atoms with Crippen LogP contribution in [0.25, 0.3) is 0 Å². The number of hydrogen-bond acceptors (Lipinski definition) is 3. The van der Waals surface area contributed by atoms with Gasteiger partial charge in [-0.05, 0) is 0 Å². The summed E-state index contributed by atoms with van der Waals surface area (Å²) in [7, 11) is 0. The van der Waals surface area contributed by atoms with Gasteiger partial charge >= 0.3 is 6.16 Å². The van der Waals surface area contributed by atoms with Gasteiger partial charge in [-0.3, -0.25) is 0 Å². The molecule has 40 valence electrons. The molecule has 6 heavy (non-hydrogen) atoms. The van der Waals surface area contributed by atoms with E-state index in [4.69, 9.17) is 15.0 Å². The van der Waals surface area contributed by atoms with Gasteiger partial charge in [0.25, 0.3) is 0 Å². The van der Waals surface area contributed by atoms with Crippen LogP contribution in [0, 0.1) is 0 Å². The van der Waals surface area contributed by atoms with Gasteiger partial charge in [-0.1, -0.05) is 0 Å². The molecule has 0 aliphatic rings. The Balaban J connectivity index is -0.0000000450. The first kappa shape index (κ1) is 19.0. The fourth-order valence-corrected chi connectivity index (χ4v) is 0. The fourth-order valence-electron chi connectivity index (χ4n) is 0. The highest BCUT2D eigenvalue weighted by atomic mass is 16.6. The minimum atomic E-state index is -1.83. The second-order valence-electron chi connectivity index (χ2n) is 0.283. The normalized spacial score (nSPS) is 4.00. The van der Waals surface area contributed by atoms with E-state index < -0.39 is 6.16 Å². The molecule has 0 saturated heterocycles. The van der Waals surface area contributed by atoms with Crippen molar-refractivity contribution in [1.29, 1.82) is 0 Å². The van der Waals surface area contributed by atoms with Crippen LogP contribution >= 0.6 is 0 Å². The van der Waals surface area contributed by atoms with Crippen molar-refractivity contribution in [3.63, 3.8) is 0 Å². The van der Waals surface area contributed by atoms with E-state index in [2.05, 4.69) is 0 Å². The van der Waals surface area contributed by atoms with Gasteiger partial charge in [0.2, 0.25) is 0 Å². The van der Waals surface area contributed by atoms with Crippen molar-refractivity contribution in [3.05, 3.63) is 0 Å². The van der Waals surface area contributed by atoms with E-state index in [0.717, 1.165) is 0 Å². The molecule has 0 bridgehead atoms. The van der Waals surface area contributed by atoms with Crippen LogP contribution in [-0.4, -0.2) is 16.4 Å². The van der Waals surface area contributed by atoms with E-state index in [1.54, 1.807) is 0 Å². The second kappa shape index (κ2) is 8.89. The maximum Gasteiger partial charge on any atom is 0.503 e. The molecule has 0 saturated carbocycles. The van der Waals surface area contributed by atoms with Crippen molar-refractivity contribution in [1.82, 2.24) is 12.3 Å². The predicted octanol–water partition coefficient (Wildman–Crippen LogP) is 0.546. The molecule has 0 aliphatic heterocycles. The van der Waals surface area contributed by atoms with Crippen LogP contribution in [0.3, 0.4) is 0 Å². The van der Waals surface area contributed by atoms with E-state index in [1.807, 2.05) is 0 Å². The topological polar surface area (TPSA) is 128 Å². The van der Waals surface area contributed by atoms with E-state index in [0.29, 0.717) is 0 Å². The van der Waals surface area contributed by atoms with Crippen molar-refractivity contribution in [2.45, 2.75) is 0 Å². The smallest absolute Gasteiger partial charge is 0.450 e. The van der Waals surface area contributed by atoms with Crippen molar-refractivity contribution in [2.24, 2.45) is 0 Å². The lowest BCUT2D eigenvalue weighted by Crippen LogP contribution is -1.81. The third kappa shape index (κ3) is 23.3. The highest BCUT2D eigenvalue weighted by molar-refractivity contribution is 5.53. The Kier molecular flexibility index (Phi) is 28.1. The quantitative estimate of drug-likeness (QED) is 0.350. The molecule has 0 radical (unpaired) electrons. The van der Waals surface area contributed by atoms with Crippen LogP contribution in [-0.2, 0) is 0 Å². The molecular weight excluding hydrogens is 88.0 g/mol. The average molecular weight is 96.1 g/mol. The highest BCUT2D eigenvalue weighted by Gasteiger charge is 1.70. The van der Waals surface area contributed by atoms with Gasteiger partial charge in [0.15, 0.2) is 0 Å². The maximum absolute atomic E-state index is 8.56. The van der Waals surface area contributed by atoms with Crippen molar-refractivity contribution < 1.29 is 15.0 Å². The van der Waals surface area contributed by atoms with Crippen molar-refractivity contribution >= 4 is 6.16 Å². The summed E-state index contributed by atoms with van der Waals surface area (Å²) in [5, 5.41) is 13.9. The molecule has 0 aromatic heterocycles.